The zero-order valence-electron chi connectivity index (χ0n) is 12.3. The number of anilines is 1. The standard InChI is InChI=1S/C16H20N2O2S/c1-3-13-7-9-15(10-8-13)18-21(19,20)16-6-4-5-14(11-16)12-17-2/h4-11,17-18H,3,12H2,1-2H3. The molecule has 0 aromatic heterocycles. The quantitative estimate of drug-likeness (QED) is 0.863. The van der Waals surface area contributed by atoms with E-state index in [2.05, 4.69) is 17.0 Å². The number of rotatable bonds is 6. The van der Waals surface area contributed by atoms with Gasteiger partial charge in [0.2, 0.25) is 0 Å². The van der Waals surface area contributed by atoms with Gasteiger partial charge in [-0.2, -0.15) is 0 Å². The zero-order valence-corrected chi connectivity index (χ0v) is 13.1. The fraction of sp³-hybridized carbons (Fsp3) is 0.250. The number of aryl methyl sites for hydroxylation is 1. The number of nitrogens with one attached hydrogen (secondary N) is 2. The van der Waals surface area contributed by atoms with Gasteiger partial charge in [-0.1, -0.05) is 31.2 Å². The van der Waals surface area contributed by atoms with Crippen LogP contribution in [-0.2, 0) is 23.0 Å². The van der Waals surface area contributed by atoms with E-state index in [1.54, 1.807) is 30.3 Å². The molecule has 0 fully saturated rings. The second-order valence-electron chi connectivity index (χ2n) is 4.83. The maximum Gasteiger partial charge on any atom is 0.261 e. The smallest absolute Gasteiger partial charge is 0.261 e. The zero-order chi connectivity index (χ0) is 15.3. The van der Waals surface area contributed by atoms with Gasteiger partial charge >= 0.3 is 0 Å². The number of benzene rings is 2. The molecule has 0 unspecified atom stereocenters. The first kappa shape index (κ1) is 15.5. The van der Waals surface area contributed by atoms with Crippen molar-refractivity contribution in [1.82, 2.24) is 5.32 Å². The summed E-state index contributed by atoms with van der Waals surface area (Å²) in [5.74, 6) is 0. The Bertz CT molecular complexity index is 694. The average Bonchev–Trinajstić information content (AvgIpc) is 2.48. The van der Waals surface area contributed by atoms with E-state index < -0.39 is 10.0 Å². The average molecular weight is 304 g/mol. The van der Waals surface area contributed by atoms with Crippen molar-refractivity contribution in [3.63, 3.8) is 0 Å². The molecule has 4 nitrogen and oxygen atoms in total. The minimum Gasteiger partial charge on any atom is -0.316 e. The van der Waals surface area contributed by atoms with Crippen molar-refractivity contribution in [1.29, 1.82) is 0 Å². The third kappa shape index (κ3) is 4.06. The van der Waals surface area contributed by atoms with E-state index in [1.807, 2.05) is 25.2 Å². The molecule has 0 spiro atoms. The first-order valence-corrected chi connectivity index (χ1v) is 8.39. The van der Waals surface area contributed by atoms with Gasteiger partial charge in [0.1, 0.15) is 0 Å². The largest absolute Gasteiger partial charge is 0.316 e. The molecule has 0 atom stereocenters. The Kier molecular flexibility index (Phi) is 4.98. The number of hydrogen-bond acceptors (Lipinski definition) is 3. The van der Waals surface area contributed by atoms with Crippen molar-refractivity contribution in [3.8, 4) is 0 Å². The molecule has 0 aliphatic rings. The van der Waals surface area contributed by atoms with Gasteiger partial charge in [-0.05, 0) is 48.9 Å². The molecular weight excluding hydrogens is 284 g/mol. The summed E-state index contributed by atoms with van der Waals surface area (Å²) in [6.45, 7) is 2.70. The van der Waals surface area contributed by atoms with Crippen molar-refractivity contribution in [2.24, 2.45) is 0 Å². The molecule has 0 radical (unpaired) electrons. The molecule has 5 heteroatoms. The molecule has 0 aliphatic carbocycles. The van der Waals surface area contributed by atoms with Gasteiger partial charge in [-0.3, -0.25) is 4.72 Å². The van der Waals surface area contributed by atoms with E-state index in [4.69, 9.17) is 0 Å². The highest BCUT2D eigenvalue weighted by Crippen LogP contribution is 2.18. The van der Waals surface area contributed by atoms with Gasteiger partial charge in [0.05, 0.1) is 4.90 Å². The fourth-order valence-electron chi connectivity index (χ4n) is 2.05. The minimum absolute atomic E-state index is 0.273. The molecule has 0 bridgehead atoms. The molecule has 112 valence electrons. The van der Waals surface area contributed by atoms with E-state index in [-0.39, 0.29) is 4.90 Å². The lowest BCUT2D eigenvalue weighted by Crippen LogP contribution is -2.14. The Balaban J connectivity index is 2.22. The van der Waals surface area contributed by atoms with E-state index in [9.17, 15) is 8.42 Å². The Hall–Kier alpha value is -1.85. The highest BCUT2D eigenvalue weighted by Gasteiger charge is 2.14. The molecule has 21 heavy (non-hydrogen) atoms. The second kappa shape index (κ2) is 6.74. The van der Waals surface area contributed by atoms with Gasteiger partial charge in [0, 0.05) is 12.2 Å². The lowest BCUT2D eigenvalue weighted by molar-refractivity contribution is 0.601. The summed E-state index contributed by atoms with van der Waals surface area (Å²) in [4.78, 5) is 0.273. The molecule has 2 aromatic rings. The van der Waals surface area contributed by atoms with Crippen LogP contribution in [0, 0.1) is 0 Å². The van der Waals surface area contributed by atoms with Crippen molar-refractivity contribution < 1.29 is 8.42 Å². The van der Waals surface area contributed by atoms with Crippen LogP contribution in [0.1, 0.15) is 18.1 Å². The number of hydrogen-bond donors (Lipinski definition) is 2. The normalized spacial score (nSPS) is 11.3. The van der Waals surface area contributed by atoms with E-state index in [0.717, 1.165) is 12.0 Å². The monoisotopic (exact) mass is 304 g/mol. The van der Waals surface area contributed by atoms with Crippen LogP contribution in [0.3, 0.4) is 0 Å². The number of sulfonamides is 1. The Morgan fingerprint density at radius 1 is 1.00 bits per heavy atom. The van der Waals surface area contributed by atoms with Crippen LogP contribution in [0.25, 0.3) is 0 Å². The molecule has 2 aromatic carbocycles. The lowest BCUT2D eigenvalue weighted by atomic mass is 10.2. The Morgan fingerprint density at radius 2 is 1.71 bits per heavy atom. The summed E-state index contributed by atoms with van der Waals surface area (Å²) in [7, 11) is -1.72. The van der Waals surface area contributed by atoms with Crippen molar-refractivity contribution in [2.45, 2.75) is 24.8 Å². The summed E-state index contributed by atoms with van der Waals surface area (Å²) in [5, 5.41) is 3.01. The summed E-state index contributed by atoms with van der Waals surface area (Å²) in [5.41, 5.74) is 2.68. The predicted octanol–water partition coefficient (Wildman–Crippen LogP) is 2.77. The first-order chi connectivity index (χ1) is 10.0. The first-order valence-electron chi connectivity index (χ1n) is 6.90. The minimum atomic E-state index is -3.55. The topological polar surface area (TPSA) is 58.2 Å². The third-order valence-electron chi connectivity index (χ3n) is 3.20. The summed E-state index contributed by atoms with van der Waals surface area (Å²) in [6.07, 6.45) is 0.930. The van der Waals surface area contributed by atoms with Crippen LogP contribution >= 0.6 is 0 Å². The molecule has 0 saturated carbocycles. The predicted molar refractivity (Wildman–Crippen MR) is 85.8 cm³/mol. The van der Waals surface area contributed by atoms with Crippen LogP contribution in [0.15, 0.2) is 53.4 Å². The van der Waals surface area contributed by atoms with Gasteiger partial charge in [0.15, 0.2) is 0 Å². The molecule has 0 aliphatic heterocycles. The maximum atomic E-state index is 12.4. The van der Waals surface area contributed by atoms with Crippen molar-refractivity contribution in [2.75, 3.05) is 11.8 Å². The van der Waals surface area contributed by atoms with Gasteiger partial charge in [-0.15, -0.1) is 0 Å². The van der Waals surface area contributed by atoms with Gasteiger partial charge in [0.25, 0.3) is 10.0 Å². The van der Waals surface area contributed by atoms with Crippen molar-refractivity contribution in [3.05, 3.63) is 59.7 Å². The lowest BCUT2D eigenvalue weighted by Gasteiger charge is -2.10. The molecular formula is C16H20N2O2S. The van der Waals surface area contributed by atoms with E-state index >= 15 is 0 Å². The Labute approximate surface area is 126 Å². The van der Waals surface area contributed by atoms with Gasteiger partial charge in [-0.25, -0.2) is 8.42 Å². The highest BCUT2D eigenvalue weighted by atomic mass is 32.2. The molecule has 0 saturated heterocycles. The summed E-state index contributed by atoms with van der Waals surface area (Å²) < 4.78 is 27.4. The van der Waals surface area contributed by atoms with E-state index in [1.165, 1.54) is 5.56 Å². The molecule has 2 N–H and O–H groups in total. The summed E-state index contributed by atoms with van der Waals surface area (Å²) in [6, 6.07) is 14.3. The summed E-state index contributed by atoms with van der Waals surface area (Å²) >= 11 is 0. The van der Waals surface area contributed by atoms with E-state index in [0.29, 0.717) is 12.2 Å². The Morgan fingerprint density at radius 3 is 2.33 bits per heavy atom. The van der Waals surface area contributed by atoms with Gasteiger partial charge < -0.3 is 5.32 Å². The van der Waals surface area contributed by atoms with Crippen LogP contribution in [-0.4, -0.2) is 15.5 Å². The second-order valence-corrected chi connectivity index (χ2v) is 6.52. The van der Waals surface area contributed by atoms with Crippen LogP contribution in [0.4, 0.5) is 5.69 Å². The maximum absolute atomic E-state index is 12.4. The SMILES string of the molecule is CCc1ccc(NS(=O)(=O)c2cccc(CNC)c2)cc1. The molecule has 0 heterocycles. The molecule has 0 amide bonds. The fourth-order valence-corrected chi connectivity index (χ4v) is 3.18. The highest BCUT2D eigenvalue weighted by molar-refractivity contribution is 7.92. The van der Waals surface area contributed by atoms with Crippen molar-refractivity contribution >= 4 is 15.7 Å². The third-order valence-corrected chi connectivity index (χ3v) is 4.58. The molecule has 2 rings (SSSR count). The van der Waals surface area contributed by atoms with Crippen LogP contribution in [0.5, 0.6) is 0 Å². The van der Waals surface area contributed by atoms with Crippen LogP contribution in [0.2, 0.25) is 0 Å². The van der Waals surface area contributed by atoms with Crippen LogP contribution < -0.4 is 10.0 Å².